The lowest BCUT2D eigenvalue weighted by atomic mass is 10.00. The van der Waals surface area contributed by atoms with Crippen LogP contribution in [0.25, 0.3) is 0 Å². The Bertz CT molecular complexity index is 863. The first kappa shape index (κ1) is 17.6. The molecule has 0 amide bonds. The van der Waals surface area contributed by atoms with Crippen molar-refractivity contribution in [2.75, 3.05) is 18.8 Å². The Kier molecular flexibility index (Phi) is 5.15. The van der Waals surface area contributed by atoms with E-state index in [9.17, 15) is 18.5 Å². The molecule has 0 saturated heterocycles. The van der Waals surface area contributed by atoms with Crippen molar-refractivity contribution in [2.45, 2.75) is 24.3 Å². The fourth-order valence-corrected chi connectivity index (χ4v) is 4.41. The Labute approximate surface area is 147 Å². The second kappa shape index (κ2) is 7.33. The smallest absolute Gasteiger partial charge is 0.269 e. The lowest BCUT2D eigenvalue weighted by Gasteiger charge is -2.28. The standard InChI is InChI=1S/C18H20N2O4S/c21-20(22)17-6-8-18(9-7-17)25(23,24)13-3-11-19-12-10-15-4-1-2-5-16(15)14-19/h1-2,4-9H,3,10-14H2. The van der Waals surface area contributed by atoms with Crippen molar-refractivity contribution in [3.05, 3.63) is 69.8 Å². The third kappa shape index (κ3) is 4.24. The van der Waals surface area contributed by atoms with Gasteiger partial charge in [-0.1, -0.05) is 24.3 Å². The summed E-state index contributed by atoms with van der Waals surface area (Å²) in [5.74, 6) is 0.0446. The van der Waals surface area contributed by atoms with Gasteiger partial charge in [0.15, 0.2) is 9.84 Å². The van der Waals surface area contributed by atoms with Crippen molar-refractivity contribution in [3.63, 3.8) is 0 Å². The Hall–Kier alpha value is -2.25. The number of hydrogen-bond donors (Lipinski definition) is 0. The van der Waals surface area contributed by atoms with Gasteiger partial charge in [0.05, 0.1) is 15.6 Å². The zero-order valence-electron chi connectivity index (χ0n) is 13.8. The molecule has 0 unspecified atom stereocenters. The lowest BCUT2D eigenvalue weighted by Crippen LogP contribution is -2.32. The van der Waals surface area contributed by atoms with Crippen LogP contribution in [0.1, 0.15) is 17.5 Å². The van der Waals surface area contributed by atoms with Gasteiger partial charge in [-0.2, -0.15) is 0 Å². The van der Waals surface area contributed by atoms with Gasteiger partial charge in [-0.15, -0.1) is 0 Å². The maximum absolute atomic E-state index is 12.4. The predicted octanol–water partition coefficient (Wildman–Crippen LogP) is 2.82. The van der Waals surface area contributed by atoms with E-state index in [1.54, 1.807) is 0 Å². The van der Waals surface area contributed by atoms with Gasteiger partial charge in [-0.3, -0.25) is 15.0 Å². The molecule has 0 aromatic heterocycles. The Morgan fingerprint density at radius 3 is 2.40 bits per heavy atom. The van der Waals surface area contributed by atoms with E-state index in [2.05, 4.69) is 17.0 Å². The third-order valence-electron chi connectivity index (χ3n) is 4.50. The summed E-state index contributed by atoms with van der Waals surface area (Å²) < 4.78 is 24.7. The monoisotopic (exact) mass is 360 g/mol. The van der Waals surface area contributed by atoms with E-state index in [0.717, 1.165) is 26.1 Å². The lowest BCUT2D eigenvalue weighted by molar-refractivity contribution is -0.384. The number of nitrogens with zero attached hydrogens (tertiary/aromatic N) is 2. The molecule has 2 aromatic rings. The van der Waals surface area contributed by atoms with E-state index >= 15 is 0 Å². The summed E-state index contributed by atoms with van der Waals surface area (Å²) in [5.41, 5.74) is 2.58. The summed E-state index contributed by atoms with van der Waals surface area (Å²) in [4.78, 5) is 12.5. The van der Waals surface area contributed by atoms with Gasteiger partial charge in [0.1, 0.15) is 0 Å². The summed E-state index contributed by atoms with van der Waals surface area (Å²) >= 11 is 0. The first-order valence-electron chi connectivity index (χ1n) is 8.22. The van der Waals surface area contributed by atoms with Crippen LogP contribution in [-0.2, 0) is 22.8 Å². The number of fused-ring (bicyclic) bond motifs is 1. The Balaban J connectivity index is 1.55. The van der Waals surface area contributed by atoms with Crippen LogP contribution < -0.4 is 0 Å². The zero-order chi connectivity index (χ0) is 17.9. The minimum atomic E-state index is -3.41. The number of hydrogen-bond acceptors (Lipinski definition) is 5. The maximum Gasteiger partial charge on any atom is 0.269 e. The molecule has 6 nitrogen and oxygen atoms in total. The van der Waals surface area contributed by atoms with E-state index in [0.29, 0.717) is 6.42 Å². The number of rotatable bonds is 6. The van der Waals surface area contributed by atoms with Crippen molar-refractivity contribution >= 4 is 15.5 Å². The molecule has 1 heterocycles. The summed E-state index contributed by atoms with van der Waals surface area (Å²) in [5, 5.41) is 10.6. The number of benzene rings is 2. The van der Waals surface area contributed by atoms with E-state index in [-0.39, 0.29) is 16.3 Å². The van der Waals surface area contributed by atoms with Gasteiger partial charge in [-0.25, -0.2) is 8.42 Å². The fourth-order valence-electron chi connectivity index (χ4n) is 3.12. The van der Waals surface area contributed by atoms with E-state index < -0.39 is 14.8 Å². The van der Waals surface area contributed by atoms with Crippen molar-refractivity contribution in [2.24, 2.45) is 0 Å². The molecule has 3 rings (SSSR count). The van der Waals surface area contributed by atoms with Crippen LogP contribution in [0.15, 0.2) is 53.4 Å². The Morgan fingerprint density at radius 1 is 1.04 bits per heavy atom. The van der Waals surface area contributed by atoms with Gasteiger partial charge >= 0.3 is 0 Å². The van der Waals surface area contributed by atoms with Crippen LogP contribution in [0.2, 0.25) is 0 Å². The van der Waals surface area contributed by atoms with Gasteiger partial charge < -0.3 is 0 Å². The fraction of sp³-hybridized carbons (Fsp3) is 0.333. The highest BCUT2D eigenvalue weighted by atomic mass is 32.2. The number of non-ortho nitro benzene ring substituents is 1. The van der Waals surface area contributed by atoms with Crippen LogP contribution in [0, 0.1) is 10.1 Å². The molecule has 2 aromatic carbocycles. The van der Waals surface area contributed by atoms with Crippen LogP contribution in [0.5, 0.6) is 0 Å². The second-order valence-electron chi connectivity index (χ2n) is 6.22. The SMILES string of the molecule is O=[N+]([O-])c1ccc(S(=O)(=O)CCCN2CCc3ccccc3C2)cc1. The van der Waals surface area contributed by atoms with Gasteiger partial charge in [-0.05, 0) is 42.6 Å². The molecule has 0 fully saturated rings. The quantitative estimate of drug-likeness (QED) is 0.584. The van der Waals surface area contributed by atoms with Crippen molar-refractivity contribution in [1.29, 1.82) is 0 Å². The normalized spacial score (nSPS) is 14.9. The van der Waals surface area contributed by atoms with Crippen LogP contribution in [0.4, 0.5) is 5.69 Å². The topological polar surface area (TPSA) is 80.5 Å². The first-order valence-corrected chi connectivity index (χ1v) is 9.87. The average molecular weight is 360 g/mol. The van der Waals surface area contributed by atoms with E-state index in [1.807, 2.05) is 12.1 Å². The molecule has 1 aliphatic heterocycles. The highest BCUT2D eigenvalue weighted by Crippen LogP contribution is 2.20. The number of nitro benzene ring substituents is 1. The molecule has 0 N–H and O–H groups in total. The van der Waals surface area contributed by atoms with E-state index in [4.69, 9.17) is 0 Å². The second-order valence-corrected chi connectivity index (χ2v) is 8.33. The molecule has 7 heteroatoms. The first-order chi connectivity index (χ1) is 12.0. The minimum absolute atomic E-state index is 0.0446. The van der Waals surface area contributed by atoms with Gasteiger partial charge in [0.25, 0.3) is 5.69 Å². The van der Waals surface area contributed by atoms with Crippen LogP contribution in [0.3, 0.4) is 0 Å². The molecule has 1 aliphatic rings. The van der Waals surface area contributed by atoms with Crippen LogP contribution >= 0.6 is 0 Å². The summed E-state index contributed by atoms with van der Waals surface area (Å²) in [6, 6.07) is 13.4. The van der Waals surface area contributed by atoms with Crippen molar-refractivity contribution < 1.29 is 13.3 Å². The molecule has 0 bridgehead atoms. The molecular weight excluding hydrogens is 340 g/mol. The number of nitro groups is 1. The summed E-state index contributed by atoms with van der Waals surface area (Å²) in [6.45, 7) is 2.52. The average Bonchev–Trinajstić information content (AvgIpc) is 2.61. The van der Waals surface area contributed by atoms with Gasteiger partial charge in [0.2, 0.25) is 0 Å². The largest absolute Gasteiger partial charge is 0.299 e. The Morgan fingerprint density at radius 2 is 1.72 bits per heavy atom. The minimum Gasteiger partial charge on any atom is -0.299 e. The molecule has 0 spiro atoms. The number of sulfone groups is 1. The molecule has 0 atom stereocenters. The van der Waals surface area contributed by atoms with Crippen molar-refractivity contribution in [1.82, 2.24) is 4.90 Å². The predicted molar refractivity (Wildman–Crippen MR) is 95.2 cm³/mol. The molecule has 0 saturated carbocycles. The molecule has 25 heavy (non-hydrogen) atoms. The molecule has 0 radical (unpaired) electrons. The van der Waals surface area contributed by atoms with Crippen molar-refractivity contribution in [3.8, 4) is 0 Å². The van der Waals surface area contributed by atoms with Crippen LogP contribution in [-0.4, -0.2) is 37.1 Å². The molecule has 0 aliphatic carbocycles. The molecular formula is C18H20N2O4S. The third-order valence-corrected chi connectivity index (χ3v) is 6.32. The summed E-state index contributed by atoms with van der Waals surface area (Å²) in [6.07, 6.45) is 1.53. The zero-order valence-corrected chi connectivity index (χ0v) is 14.6. The highest BCUT2D eigenvalue weighted by molar-refractivity contribution is 7.91. The van der Waals surface area contributed by atoms with Gasteiger partial charge in [0, 0.05) is 25.2 Å². The maximum atomic E-state index is 12.4. The molecule has 132 valence electrons. The van der Waals surface area contributed by atoms with E-state index in [1.165, 1.54) is 35.4 Å². The highest BCUT2D eigenvalue weighted by Gasteiger charge is 2.19. The summed E-state index contributed by atoms with van der Waals surface area (Å²) in [7, 11) is -3.41.